The van der Waals surface area contributed by atoms with E-state index in [0.717, 1.165) is 30.0 Å². The van der Waals surface area contributed by atoms with E-state index in [1.165, 1.54) is 18.5 Å². The second-order valence-corrected chi connectivity index (χ2v) is 5.17. The predicted octanol–water partition coefficient (Wildman–Crippen LogP) is 2.28. The van der Waals surface area contributed by atoms with Gasteiger partial charge in [0.1, 0.15) is 0 Å². The molecule has 0 aromatic carbocycles. The second-order valence-electron chi connectivity index (χ2n) is 4.32. The number of hydrogen-bond donors (Lipinski definition) is 1. The van der Waals surface area contributed by atoms with Crippen LogP contribution in [-0.4, -0.2) is 31.7 Å². The number of rotatable bonds is 3. The Morgan fingerprint density at radius 1 is 1.50 bits per heavy atom. The number of aromatic nitrogens is 1. The van der Waals surface area contributed by atoms with Crippen LogP contribution in [0.4, 0.5) is 5.69 Å². The Morgan fingerprint density at radius 3 is 2.88 bits per heavy atom. The third-order valence-electron chi connectivity index (χ3n) is 3.20. The van der Waals surface area contributed by atoms with Gasteiger partial charge in [0.25, 0.3) is 0 Å². The van der Waals surface area contributed by atoms with Gasteiger partial charge in [0, 0.05) is 25.5 Å². The molecule has 2 heterocycles. The van der Waals surface area contributed by atoms with E-state index in [9.17, 15) is 0 Å². The van der Waals surface area contributed by atoms with Crippen LogP contribution in [0.3, 0.4) is 0 Å². The van der Waals surface area contributed by atoms with Crippen molar-refractivity contribution in [3.63, 3.8) is 0 Å². The van der Waals surface area contributed by atoms with Gasteiger partial charge < -0.3 is 10.2 Å². The van der Waals surface area contributed by atoms with Crippen LogP contribution < -0.4 is 10.2 Å². The highest BCUT2D eigenvalue weighted by Gasteiger charge is 2.19. The summed E-state index contributed by atoms with van der Waals surface area (Å²) in [5.74, 6) is 0.835. The average molecular weight is 284 g/mol. The van der Waals surface area contributed by atoms with Crippen LogP contribution in [0.25, 0.3) is 0 Å². The largest absolute Gasteiger partial charge is 0.371 e. The van der Waals surface area contributed by atoms with Crippen molar-refractivity contribution in [3.05, 3.63) is 22.9 Å². The van der Waals surface area contributed by atoms with Crippen molar-refractivity contribution in [2.45, 2.75) is 12.8 Å². The minimum Gasteiger partial charge on any atom is -0.371 e. The molecule has 0 radical (unpaired) electrons. The highest BCUT2D eigenvalue weighted by atomic mass is 79.9. The summed E-state index contributed by atoms with van der Waals surface area (Å²) in [7, 11) is 2.03. The van der Waals surface area contributed by atoms with E-state index >= 15 is 0 Å². The molecule has 88 valence electrons. The Balaban J connectivity index is 1.96. The van der Waals surface area contributed by atoms with E-state index in [4.69, 9.17) is 0 Å². The highest BCUT2D eigenvalue weighted by molar-refractivity contribution is 9.10. The van der Waals surface area contributed by atoms with E-state index in [-0.39, 0.29) is 0 Å². The van der Waals surface area contributed by atoms with Crippen LogP contribution in [0, 0.1) is 5.92 Å². The van der Waals surface area contributed by atoms with Crippen LogP contribution >= 0.6 is 15.9 Å². The number of nitrogens with zero attached hydrogens (tertiary/aromatic N) is 2. The Labute approximate surface area is 105 Å². The first-order chi connectivity index (χ1) is 7.81. The number of nitrogens with one attached hydrogen (secondary N) is 1. The standard InChI is InChI=1S/C12H18BrN3/c1-14-8-10-3-6-16(7-4-10)12-2-5-15-9-11(12)13/h2,5,9-10,14H,3-4,6-8H2,1H3. The van der Waals surface area contributed by atoms with Crippen molar-refractivity contribution in [2.24, 2.45) is 5.92 Å². The lowest BCUT2D eigenvalue weighted by atomic mass is 9.96. The maximum atomic E-state index is 4.10. The SMILES string of the molecule is CNCC1CCN(c2ccncc2Br)CC1. The summed E-state index contributed by atoms with van der Waals surface area (Å²) in [5, 5.41) is 3.27. The maximum absolute atomic E-state index is 4.10. The summed E-state index contributed by atoms with van der Waals surface area (Å²) in [4.78, 5) is 6.54. The van der Waals surface area contributed by atoms with E-state index in [2.05, 4.69) is 37.2 Å². The van der Waals surface area contributed by atoms with E-state index < -0.39 is 0 Å². The molecule has 1 aliphatic heterocycles. The molecule has 0 bridgehead atoms. The lowest BCUT2D eigenvalue weighted by Gasteiger charge is -2.34. The molecular weight excluding hydrogens is 266 g/mol. The minimum atomic E-state index is 0.835. The molecule has 0 saturated carbocycles. The molecule has 1 aromatic rings. The van der Waals surface area contributed by atoms with Crippen LogP contribution in [-0.2, 0) is 0 Å². The van der Waals surface area contributed by atoms with Crippen molar-refractivity contribution in [1.82, 2.24) is 10.3 Å². The Morgan fingerprint density at radius 2 is 2.25 bits per heavy atom. The van der Waals surface area contributed by atoms with Gasteiger partial charge in [-0.2, -0.15) is 0 Å². The van der Waals surface area contributed by atoms with E-state index in [1.807, 2.05) is 19.4 Å². The quantitative estimate of drug-likeness (QED) is 0.923. The molecule has 0 amide bonds. The zero-order valence-corrected chi connectivity index (χ0v) is 11.2. The highest BCUT2D eigenvalue weighted by Crippen LogP contribution is 2.28. The molecule has 1 aliphatic rings. The molecule has 1 N–H and O–H groups in total. The molecule has 1 fully saturated rings. The molecule has 2 rings (SSSR count). The first-order valence-corrected chi connectivity index (χ1v) is 6.59. The van der Waals surface area contributed by atoms with Crippen LogP contribution in [0.15, 0.2) is 22.9 Å². The number of piperidine rings is 1. The fraction of sp³-hybridized carbons (Fsp3) is 0.583. The van der Waals surface area contributed by atoms with Gasteiger partial charge in [-0.1, -0.05) is 0 Å². The van der Waals surface area contributed by atoms with Gasteiger partial charge in [-0.05, 0) is 54.3 Å². The minimum absolute atomic E-state index is 0.835. The molecule has 0 aliphatic carbocycles. The molecule has 4 heteroatoms. The average Bonchev–Trinajstić information content (AvgIpc) is 2.31. The van der Waals surface area contributed by atoms with Gasteiger partial charge in [-0.25, -0.2) is 0 Å². The monoisotopic (exact) mass is 283 g/mol. The third kappa shape index (κ3) is 2.74. The molecule has 0 unspecified atom stereocenters. The summed E-state index contributed by atoms with van der Waals surface area (Å²) < 4.78 is 1.10. The molecule has 1 saturated heterocycles. The smallest absolute Gasteiger partial charge is 0.0592 e. The first kappa shape index (κ1) is 11.9. The van der Waals surface area contributed by atoms with Gasteiger partial charge in [-0.15, -0.1) is 0 Å². The summed E-state index contributed by atoms with van der Waals surface area (Å²) in [6.45, 7) is 3.44. The fourth-order valence-electron chi connectivity index (χ4n) is 2.29. The topological polar surface area (TPSA) is 28.2 Å². The van der Waals surface area contributed by atoms with Crippen molar-refractivity contribution >= 4 is 21.6 Å². The summed E-state index contributed by atoms with van der Waals surface area (Å²) in [5.41, 5.74) is 1.28. The number of hydrogen-bond acceptors (Lipinski definition) is 3. The molecule has 0 atom stereocenters. The van der Waals surface area contributed by atoms with Gasteiger partial charge in [-0.3, -0.25) is 4.98 Å². The zero-order valence-electron chi connectivity index (χ0n) is 9.62. The van der Waals surface area contributed by atoms with Crippen molar-refractivity contribution in [1.29, 1.82) is 0 Å². The van der Waals surface area contributed by atoms with Crippen LogP contribution in [0.5, 0.6) is 0 Å². The fourth-order valence-corrected chi connectivity index (χ4v) is 2.79. The zero-order chi connectivity index (χ0) is 11.4. The number of pyridine rings is 1. The Kier molecular flexibility index (Phi) is 4.18. The van der Waals surface area contributed by atoms with Gasteiger partial charge in [0.15, 0.2) is 0 Å². The Hall–Kier alpha value is -0.610. The van der Waals surface area contributed by atoms with Gasteiger partial charge in [0.2, 0.25) is 0 Å². The van der Waals surface area contributed by atoms with Crippen LogP contribution in [0.1, 0.15) is 12.8 Å². The molecule has 16 heavy (non-hydrogen) atoms. The molecular formula is C12H18BrN3. The lowest BCUT2D eigenvalue weighted by molar-refractivity contribution is 0.393. The Bertz CT molecular complexity index is 335. The predicted molar refractivity (Wildman–Crippen MR) is 70.8 cm³/mol. The second kappa shape index (κ2) is 5.64. The van der Waals surface area contributed by atoms with E-state index in [1.54, 1.807) is 0 Å². The lowest BCUT2D eigenvalue weighted by Crippen LogP contribution is -2.36. The van der Waals surface area contributed by atoms with Gasteiger partial charge in [0.05, 0.1) is 10.2 Å². The molecule has 1 aromatic heterocycles. The molecule has 0 spiro atoms. The summed E-state index contributed by atoms with van der Waals surface area (Å²) >= 11 is 3.56. The molecule has 3 nitrogen and oxygen atoms in total. The number of halogens is 1. The third-order valence-corrected chi connectivity index (χ3v) is 3.81. The van der Waals surface area contributed by atoms with Gasteiger partial charge >= 0.3 is 0 Å². The maximum Gasteiger partial charge on any atom is 0.0592 e. The first-order valence-electron chi connectivity index (χ1n) is 5.80. The number of anilines is 1. The summed E-state index contributed by atoms with van der Waals surface area (Å²) in [6.07, 6.45) is 6.28. The van der Waals surface area contributed by atoms with Crippen molar-refractivity contribution in [3.8, 4) is 0 Å². The van der Waals surface area contributed by atoms with Crippen molar-refractivity contribution < 1.29 is 0 Å². The van der Waals surface area contributed by atoms with Crippen molar-refractivity contribution in [2.75, 3.05) is 31.6 Å². The van der Waals surface area contributed by atoms with E-state index in [0.29, 0.717) is 0 Å². The normalized spacial score (nSPS) is 17.8. The van der Waals surface area contributed by atoms with Crippen LogP contribution in [0.2, 0.25) is 0 Å². The summed E-state index contributed by atoms with van der Waals surface area (Å²) in [6, 6.07) is 2.09.